The SMILES string of the molecule is COc1ccc(-c2nnc(NC(=O)COc3ccc(Br)cc3)s2)cc1. The van der Waals surface area contributed by atoms with Gasteiger partial charge in [0.05, 0.1) is 7.11 Å². The van der Waals surface area contributed by atoms with E-state index in [0.717, 1.165) is 15.8 Å². The second-order valence-electron chi connectivity index (χ2n) is 4.93. The molecule has 25 heavy (non-hydrogen) atoms. The van der Waals surface area contributed by atoms with Crippen LogP contribution in [0.4, 0.5) is 5.13 Å². The molecule has 0 aliphatic carbocycles. The number of hydrogen-bond donors (Lipinski definition) is 1. The lowest BCUT2D eigenvalue weighted by Gasteiger charge is -2.05. The number of anilines is 1. The molecule has 0 bridgehead atoms. The Morgan fingerprint density at radius 2 is 1.76 bits per heavy atom. The Morgan fingerprint density at radius 1 is 1.08 bits per heavy atom. The van der Waals surface area contributed by atoms with E-state index in [9.17, 15) is 4.79 Å². The summed E-state index contributed by atoms with van der Waals surface area (Å²) in [7, 11) is 1.62. The summed E-state index contributed by atoms with van der Waals surface area (Å²) >= 11 is 4.64. The van der Waals surface area contributed by atoms with Crippen molar-refractivity contribution in [1.82, 2.24) is 10.2 Å². The normalized spacial score (nSPS) is 10.3. The number of aromatic nitrogens is 2. The first-order valence-electron chi connectivity index (χ1n) is 7.30. The summed E-state index contributed by atoms with van der Waals surface area (Å²) < 4.78 is 11.5. The molecule has 0 saturated heterocycles. The van der Waals surface area contributed by atoms with Gasteiger partial charge in [-0.1, -0.05) is 27.3 Å². The van der Waals surface area contributed by atoms with Crippen molar-refractivity contribution in [2.45, 2.75) is 0 Å². The van der Waals surface area contributed by atoms with E-state index in [1.807, 2.05) is 36.4 Å². The fraction of sp³-hybridized carbons (Fsp3) is 0.118. The van der Waals surface area contributed by atoms with Crippen molar-refractivity contribution in [3.8, 4) is 22.1 Å². The van der Waals surface area contributed by atoms with E-state index in [1.54, 1.807) is 19.2 Å². The van der Waals surface area contributed by atoms with Gasteiger partial charge in [-0.15, -0.1) is 10.2 Å². The number of nitrogens with one attached hydrogen (secondary N) is 1. The molecular weight excluding hydrogens is 406 g/mol. The number of benzene rings is 2. The predicted molar refractivity (Wildman–Crippen MR) is 100 cm³/mol. The quantitative estimate of drug-likeness (QED) is 0.653. The van der Waals surface area contributed by atoms with Crippen LogP contribution in [0.3, 0.4) is 0 Å². The van der Waals surface area contributed by atoms with Crippen molar-refractivity contribution in [2.75, 3.05) is 19.0 Å². The van der Waals surface area contributed by atoms with Gasteiger partial charge >= 0.3 is 0 Å². The van der Waals surface area contributed by atoms with Crippen LogP contribution in [0.1, 0.15) is 0 Å². The largest absolute Gasteiger partial charge is 0.497 e. The number of methoxy groups -OCH3 is 1. The van der Waals surface area contributed by atoms with E-state index in [0.29, 0.717) is 15.9 Å². The second kappa shape index (κ2) is 8.09. The minimum atomic E-state index is -0.291. The van der Waals surface area contributed by atoms with Gasteiger partial charge in [0.2, 0.25) is 5.13 Å². The molecule has 1 amide bonds. The topological polar surface area (TPSA) is 73.3 Å². The maximum atomic E-state index is 12.0. The number of nitrogens with zero attached hydrogens (tertiary/aromatic N) is 2. The second-order valence-corrected chi connectivity index (χ2v) is 6.82. The molecular formula is C17H14BrN3O3S. The fourth-order valence-electron chi connectivity index (χ4n) is 1.96. The zero-order valence-corrected chi connectivity index (χ0v) is 15.6. The minimum Gasteiger partial charge on any atom is -0.497 e. The number of rotatable bonds is 6. The molecule has 0 aliphatic heterocycles. The van der Waals surface area contributed by atoms with Gasteiger partial charge in [-0.25, -0.2) is 0 Å². The lowest BCUT2D eigenvalue weighted by molar-refractivity contribution is -0.118. The molecule has 128 valence electrons. The molecule has 0 saturated carbocycles. The first-order chi connectivity index (χ1) is 12.1. The molecule has 3 rings (SSSR count). The summed E-state index contributed by atoms with van der Waals surface area (Å²) in [6, 6.07) is 14.7. The summed E-state index contributed by atoms with van der Waals surface area (Å²) in [6.45, 7) is -0.0981. The standard InChI is InChI=1S/C17H14BrN3O3S/c1-23-13-6-2-11(3-7-13)16-20-21-17(25-16)19-15(22)10-24-14-8-4-12(18)5-9-14/h2-9H,10H2,1H3,(H,19,21,22). The molecule has 0 aliphatic rings. The van der Waals surface area contributed by atoms with Gasteiger partial charge in [-0.05, 0) is 48.5 Å². The van der Waals surface area contributed by atoms with E-state index < -0.39 is 0 Å². The first kappa shape index (κ1) is 17.4. The van der Waals surface area contributed by atoms with Gasteiger partial charge in [0.25, 0.3) is 5.91 Å². The Hall–Kier alpha value is -2.45. The van der Waals surface area contributed by atoms with E-state index in [2.05, 4.69) is 31.4 Å². The molecule has 0 unspecified atom stereocenters. The molecule has 1 heterocycles. The number of carbonyl (C=O) groups is 1. The molecule has 0 spiro atoms. The van der Waals surface area contributed by atoms with Crippen molar-refractivity contribution >= 4 is 38.3 Å². The van der Waals surface area contributed by atoms with Crippen molar-refractivity contribution < 1.29 is 14.3 Å². The minimum absolute atomic E-state index is 0.0981. The van der Waals surface area contributed by atoms with Crippen LogP contribution < -0.4 is 14.8 Å². The summed E-state index contributed by atoms with van der Waals surface area (Å²) in [5.41, 5.74) is 0.907. The summed E-state index contributed by atoms with van der Waals surface area (Å²) in [5, 5.41) is 11.9. The van der Waals surface area contributed by atoms with Crippen LogP contribution in [0, 0.1) is 0 Å². The Kier molecular flexibility index (Phi) is 5.62. The maximum Gasteiger partial charge on any atom is 0.264 e. The van der Waals surface area contributed by atoms with E-state index in [1.165, 1.54) is 11.3 Å². The smallest absolute Gasteiger partial charge is 0.264 e. The van der Waals surface area contributed by atoms with Gasteiger partial charge in [0.15, 0.2) is 6.61 Å². The maximum absolute atomic E-state index is 12.0. The molecule has 6 nitrogen and oxygen atoms in total. The Labute approximate surface area is 156 Å². The number of amides is 1. The Balaban J connectivity index is 1.56. The molecule has 2 aromatic carbocycles. The number of halogens is 1. The molecule has 0 radical (unpaired) electrons. The first-order valence-corrected chi connectivity index (χ1v) is 8.91. The molecule has 0 fully saturated rings. The summed E-state index contributed by atoms with van der Waals surface area (Å²) in [6.07, 6.45) is 0. The molecule has 0 atom stereocenters. The van der Waals surface area contributed by atoms with Crippen LogP contribution >= 0.6 is 27.3 Å². The average Bonchev–Trinajstić information content (AvgIpc) is 3.10. The van der Waals surface area contributed by atoms with Crippen molar-refractivity contribution in [1.29, 1.82) is 0 Å². The zero-order valence-electron chi connectivity index (χ0n) is 13.2. The highest BCUT2D eigenvalue weighted by Gasteiger charge is 2.10. The molecule has 3 aromatic rings. The summed E-state index contributed by atoms with van der Waals surface area (Å²) in [5.74, 6) is 1.10. The van der Waals surface area contributed by atoms with E-state index in [4.69, 9.17) is 9.47 Å². The number of hydrogen-bond acceptors (Lipinski definition) is 6. The highest BCUT2D eigenvalue weighted by molar-refractivity contribution is 9.10. The summed E-state index contributed by atoms with van der Waals surface area (Å²) in [4.78, 5) is 12.0. The highest BCUT2D eigenvalue weighted by atomic mass is 79.9. The lowest BCUT2D eigenvalue weighted by Crippen LogP contribution is -2.20. The third-order valence-corrected chi connectivity index (χ3v) is 4.61. The highest BCUT2D eigenvalue weighted by Crippen LogP contribution is 2.27. The molecule has 1 N–H and O–H groups in total. The van der Waals surface area contributed by atoms with Crippen LogP contribution in [-0.4, -0.2) is 29.8 Å². The fourth-order valence-corrected chi connectivity index (χ4v) is 2.99. The van der Waals surface area contributed by atoms with E-state index in [-0.39, 0.29) is 12.5 Å². The predicted octanol–water partition coefficient (Wildman–Crippen LogP) is 3.99. The van der Waals surface area contributed by atoms with Crippen molar-refractivity contribution in [3.05, 3.63) is 53.0 Å². The molecule has 1 aromatic heterocycles. The Morgan fingerprint density at radius 3 is 2.44 bits per heavy atom. The third-order valence-electron chi connectivity index (χ3n) is 3.19. The number of ether oxygens (including phenoxy) is 2. The van der Waals surface area contributed by atoms with Gasteiger partial charge < -0.3 is 9.47 Å². The van der Waals surface area contributed by atoms with E-state index >= 15 is 0 Å². The van der Waals surface area contributed by atoms with Crippen molar-refractivity contribution in [3.63, 3.8) is 0 Å². The van der Waals surface area contributed by atoms with Crippen LogP contribution in [0.2, 0.25) is 0 Å². The third kappa shape index (κ3) is 4.77. The van der Waals surface area contributed by atoms with Crippen LogP contribution in [-0.2, 0) is 4.79 Å². The Bertz CT molecular complexity index is 850. The van der Waals surface area contributed by atoms with Gasteiger partial charge in [-0.3, -0.25) is 10.1 Å². The lowest BCUT2D eigenvalue weighted by atomic mass is 10.2. The number of carbonyl (C=O) groups excluding carboxylic acids is 1. The monoisotopic (exact) mass is 419 g/mol. The van der Waals surface area contributed by atoms with Crippen LogP contribution in [0.15, 0.2) is 53.0 Å². The molecule has 8 heteroatoms. The van der Waals surface area contributed by atoms with Gasteiger partial charge in [0.1, 0.15) is 16.5 Å². The van der Waals surface area contributed by atoms with Gasteiger partial charge in [-0.2, -0.15) is 0 Å². The average molecular weight is 420 g/mol. The zero-order chi connectivity index (χ0) is 17.6. The van der Waals surface area contributed by atoms with Crippen molar-refractivity contribution in [2.24, 2.45) is 0 Å². The van der Waals surface area contributed by atoms with Crippen LogP contribution in [0.5, 0.6) is 11.5 Å². The van der Waals surface area contributed by atoms with Gasteiger partial charge in [0, 0.05) is 10.0 Å². The van der Waals surface area contributed by atoms with Crippen LogP contribution in [0.25, 0.3) is 10.6 Å².